The minimum atomic E-state index is -1.23. The number of benzene rings is 1. The lowest BCUT2D eigenvalue weighted by atomic mass is 10.1. The van der Waals surface area contributed by atoms with Gasteiger partial charge in [0.1, 0.15) is 5.69 Å². The summed E-state index contributed by atoms with van der Waals surface area (Å²) in [4.78, 5) is 10.8. The highest BCUT2D eigenvalue weighted by Gasteiger charge is 2.19. The number of nitrogens with zero attached hydrogens (tertiary/aromatic N) is 2. The molecule has 1 heterocycles. The lowest BCUT2D eigenvalue weighted by molar-refractivity contribution is 0.0652. The van der Waals surface area contributed by atoms with Crippen LogP contribution in [0.2, 0.25) is 0 Å². The summed E-state index contributed by atoms with van der Waals surface area (Å²) < 4.78 is 15.1. The first kappa shape index (κ1) is 13.4. The highest BCUT2D eigenvalue weighted by molar-refractivity contribution is 5.86. The van der Waals surface area contributed by atoms with Gasteiger partial charge in [-0.3, -0.25) is 0 Å². The number of nitriles is 1. The van der Waals surface area contributed by atoms with Crippen LogP contribution < -0.4 is 9.47 Å². The molecule has 20 heavy (non-hydrogen) atoms. The third-order valence-electron chi connectivity index (χ3n) is 2.60. The molecule has 0 saturated carbocycles. The number of hydrogen-bond acceptors (Lipinski definition) is 6. The third-order valence-corrected chi connectivity index (χ3v) is 2.60. The Bertz CT molecular complexity index is 699. The van der Waals surface area contributed by atoms with Crippen molar-refractivity contribution in [1.82, 2.24) is 5.16 Å². The minimum Gasteiger partial charge on any atom is -0.493 e. The third kappa shape index (κ3) is 2.27. The second-order valence-corrected chi connectivity index (χ2v) is 3.75. The molecule has 2 rings (SSSR count). The van der Waals surface area contributed by atoms with Gasteiger partial charge in [-0.1, -0.05) is 5.16 Å². The molecule has 0 amide bonds. The van der Waals surface area contributed by atoms with Crippen molar-refractivity contribution >= 4 is 5.97 Å². The van der Waals surface area contributed by atoms with Crippen LogP contribution in [0.3, 0.4) is 0 Å². The average molecular weight is 274 g/mol. The summed E-state index contributed by atoms with van der Waals surface area (Å²) in [5.41, 5.74) is 0.992. The van der Waals surface area contributed by atoms with E-state index >= 15 is 0 Å². The van der Waals surface area contributed by atoms with Crippen LogP contribution in [0.1, 0.15) is 16.1 Å². The Hall–Kier alpha value is -3.01. The fourth-order valence-corrected chi connectivity index (χ4v) is 1.72. The van der Waals surface area contributed by atoms with Crippen molar-refractivity contribution in [3.63, 3.8) is 0 Å². The molecule has 1 N–H and O–H groups in total. The smallest absolute Gasteiger partial charge is 0.374 e. The largest absolute Gasteiger partial charge is 0.493 e. The zero-order valence-corrected chi connectivity index (χ0v) is 10.7. The van der Waals surface area contributed by atoms with E-state index in [1.807, 2.05) is 6.07 Å². The zero-order valence-electron chi connectivity index (χ0n) is 10.7. The van der Waals surface area contributed by atoms with Gasteiger partial charge in [-0.15, -0.1) is 0 Å². The number of aromatic nitrogens is 1. The molecule has 1 aromatic carbocycles. The number of rotatable bonds is 4. The number of ether oxygens (including phenoxy) is 2. The van der Waals surface area contributed by atoms with Crippen LogP contribution in [0.4, 0.5) is 0 Å². The summed E-state index contributed by atoms with van der Waals surface area (Å²) >= 11 is 0. The number of carboxylic acids is 1. The van der Waals surface area contributed by atoms with Crippen LogP contribution in [0.25, 0.3) is 11.3 Å². The molecule has 0 aliphatic heterocycles. The van der Waals surface area contributed by atoms with E-state index in [1.54, 1.807) is 0 Å². The van der Waals surface area contributed by atoms with Crippen LogP contribution in [0.5, 0.6) is 11.5 Å². The molecular formula is C13H10N2O5. The maximum absolute atomic E-state index is 10.8. The number of aromatic carboxylic acids is 1. The summed E-state index contributed by atoms with van der Waals surface area (Å²) in [6, 6.07) is 6.27. The normalized spacial score (nSPS) is 9.85. The summed E-state index contributed by atoms with van der Waals surface area (Å²) in [5, 5.41) is 21.5. The Labute approximate surface area is 113 Å². The van der Waals surface area contributed by atoms with Crippen LogP contribution in [0.15, 0.2) is 22.7 Å². The Kier molecular flexibility index (Phi) is 3.57. The van der Waals surface area contributed by atoms with Gasteiger partial charge in [-0.2, -0.15) is 5.26 Å². The van der Waals surface area contributed by atoms with Crippen molar-refractivity contribution in [3.8, 4) is 28.8 Å². The lowest BCUT2D eigenvalue weighted by Gasteiger charge is -2.11. The van der Waals surface area contributed by atoms with E-state index in [1.165, 1.54) is 32.4 Å². The fraction of sp³-hybridized carbons (Fsp3) is 0.154. The zero-order chi connectivity index (χ0) is 14.7. The van der Waals surface area contributed by atoms with Crippen molar-refractivity contribution in [2.24, 2.45) is 0 Å². The lowest BCUT2D eigenvalue weighted by Crippen LogP contribution is -1.95. The molecule has 1 aromatic heterocycles. The van der Waals surface area contributed by atoms with Crippen molar-refractivity contribution < 1.29 is 23.9 Å². The second-order valence-electron chi connectivity index (χ2n) is 3.75. The summed E-state index contributed by atoms with van der Waals surface area (Å²) in [6.07, 6.45) is 0. The van der Waals surface area contributed by atoms with Gasteiger partial charge in [0.05, 0.1) is 31.4 Å². The quantitative estimate of drug-likeness (QED) is 0.907. The van der Waals surface area contributed by atoms with Crippen LogP contribution in [-0.4, -0.2) is 30.5 Å². The van der Waals surface area contributed by atoms with Crippen molar-refractivity contribution in [2.45, 2.75) is 0 Å². The molecule has 0 spiro atoms. The summed E-state index contributed by atoms with van der Waals surface area (Å²) in [5.74, 6) is -0.840. The molecule has 102 valence electrons. The van der Waals surface area contributed by atoms with Gasteiger partial charge < -0.3 is 19.1 Å². The Balaban J connectivity index is 2.64. The standard InChI is InChI=1S/C13H10N2O5/c1-18-10-4-7(6-14)3-8(12(10)19-2)9-5-11(13(16)17)20-15-9/h3-5H,1-2H3,(H,16,17). The molecular weight excluding hydrogens is 264 g/mol. The summed E-state index contributed by atoms with van der Waals surface area (Å²) in [6.45, 7) is 0. The first-order valence-corrected chi connectivity index (χ1v) is 5.47. The van der Waals surface area contributed by atoms with Gasteiger partial charge in [0.2, 0.25) is 5.76 Å². The Morgan fingerprint density at radius 2 is 2.10 bits per heavy atom. The topological polar surface area (TPSA) is 106 Å². The number of methoxy groups -OCH3 is 2. The predicted molar refractivity (Wildman–Crippen MR) is 66.7 cm³/mol. The molecule has 0 radical (unpaired) electrons. The maximum Gasteiger partial charge on any atom is 0.374 e. The number of carboxylic acid groups (broad SMARTS) is 1. The van der Waals surface area contributed by atoms with Crippen molar-refractivity contribution in [1.29, 1.82) is 5.26 Å². The highest BCUT2D eigenvalue weighted by Crippen LogP contribution is 2.38. The van der Waals surface area contributed by atoms with E-state index in [9.17, 15) is 4.79 Å². The van der Waals surface area contributed by atoms with E-state index in [4.69, 9.17) is 24.4 Å². The van der Waals surface area contributed by atoms with Gasteiger partial charge in [-0.05, 0) is 6.07 Å². The monoisotopic (exact) mass is 274 g/mol. The Morgan fingerprint density at radius 3 is 2.60 bits per heavy atom. The van der Waals surface area contributed by atoms with E-state index in [2.05, 4.69) is 5.16 Å². The molecule has 7 nitrogen and oxygen atoms in total. The first-order valence-electron chi connectivity index (χ1n) is 5.47. The summed E-state index contributed by atoms with van der Waals surface area (Å²) in [7, 11) is 2.87. The van der Waals surface area contributed by atoms with E-state index in [0.717, 1.165) is 0 Å². The molecule has 7 heteroatoms. The van der Waals surface area contributed by atoms with E-state index in [0.29, 0.717) is 22.6 Å². The van der Waals surface area contributed by atoms with Gasteiger partial charge in [0, 0.05) is 12.1 Å². The molecule has 0 unspecified atom stereocenters. The highest BCUT2D eigenvalue weighted by atomic mass is 16.5. The number of hydrogen-bond donors (Lipinski definition) is 1. The average Bonchev–Trinajstić information content (AvgIpc) is 2.95. The first-order chi connectivity index (χ1) is 9.60. The van der Waals surface area contributed by atoms with Crippen molar-refractivity contribution in [3.05, 3.63) is 29.5 Å². The van der Waals surface area contributed by atoms with Gasteiger partial charge >= 0.3 is 5.97 Å². The maximum atomic E-state index is 10.8. The Morgan fingerprint density at radius 1 is 1.35 bits per heavy atom. The second kappa shape index (κ2) is 5.32. The minimum absolute atomic E-state index is 0.245. The van der Waals surface area contributed by atoms with Crippen molar-refractivity contribution in [2.75, 3.05) is 14.2 Å². The molecule has 0 atom stereocenters. The van der Waals surface area contributed by atoms with Gasteiger partial charge in [0.15, 0.2) is 11.5 Å². The number of carbonyl (C=O) groups is 1. The van der Waals surface area contributed by atoms with Crippen LogP contribution in [-0.2, 0) is 0 Å². The fourth-order valence-electron chi connectivity index (χ4n) is 1.72. The van der Waals surface area contributed by atoms with Gasteiger partial charge in [0.25, 0.3) is 0 Å². The SMILES string of the molecule is COc1cc(C#N)cc(-c2cc(C(=O)O)on2)c1OC. The molecule has 0 aliphatic rings. The van der Waals surface area contributed by atoms with E-state index < -0.39 is 5.97 Å². The van der Waals surface area contributed by atoms with Crippen LogP contribution in [0, 0.1) is 11.3 Å². The van der Waals surface area contributed by atoms with Gasteiger partial charge in [-0.25, -0.2) is 4.79 Å². The predicted octanol–water partition coefficient (Wildman–Crippen LogP) is 1.93. The molecule has 2 aromatic rings. The van der Waals surface area contributed by atoms with E-state index in [-0.39, 0.29) is 11.5 Å². The molecule has 0 saturated heterocycles. The molecule has 0 fully saturated rings. The molecule has 0 bridgehead atoms. The molecule has 0 aliphatic carbocycles. The van der Waals surface area contributed by atoms with Crippen LogP contribution >= 0.6 is 0 Å².